The molecule has 1 atom stereocenters. The molecule has 1 heterocycles. The molecule has 0 radical (unpaired) electrons. The lowest BCUT2D eigenvalue weighted by molar-refractivity contribution is -0.120. The summed E-state index contributed by atoms with van der Waals surface area (Å²) < 4.78 is 11.4. The molecular formula is C14H16BrN3O3S. The molecule has 2 rings (SSSR count). The number of thioether (sulfide) groups is 1. The third kappa shape index (κ3) is 4.82. The van der Waals surface area contributed by atoms with E-state index in [1.807, 2.05) is 24.3 Å². The molecule has 2 aromatic rings. The molecule has 22 heavy (non-hydrogen) atoms. The Labute approximate surface area is 141 Å². The summed E-state index contributed by atoms with van der Waals surface area (Å²) in [6.07, 6.45) is 0. The van der Waals surface area contributed by atoms with Crippen LogP contribution in [0.2, 0.25) is 0 Å². The average molecular weight is 386 g/mol. The summed E-state index contributed by atoms with van der Waals surface area (Å²) in [6, 6.07) is 7.57. The monoisotopic (exact) mass is 385 g/mol. The van der Waals surface area contributed by atoms with Crippen molar-refractivity contribution in [2.45, 2.75) is 17.4 Å². The highest BCUT2D eigenvalue weighted by atomic mass is 79.9. The summed E-state index contributed by atoms with van der Waals surface area (Å²) in [4.78, 5) is 11.9. The predicted molar refractivity (Wildman–Crippen MR) is 87.6 cm³/mol. The number of ether oxygens (including phenoxy) is 1. The molecule has 8 heteroatoms. The predicted octanol–water partition coefficient (Wildman–Crippen LogP) is 2.74. The molecule has 0 saturated heterocycles. The fourth-order valence-corrected chi connectivity index (χ4v) is 2.56. The summed E-state index contributed by atoms with van der Waals surface area (Å²) in [7, 11) is 1.59. The van der Waals surface area contributed by atoms with Crippen molar-refractivity contribution in [2.24, 2.45) is 0 Å². The normalized spacial score (nSPS) is 12.1. The molecule has 0 saturated carbocycles. The largest absolute Gasteiger partial charge is 0.411 e. The van der Waals surface area contributed by atoms with Crippen LogP contribution in [0, 0.1) is 0 Å². The summed E-state index contributed by atoms with van der Waals surface area (Å²) in [5.74, 6) is 0.340. The number of hydrogen-bond acceptors (Lipinski definition) is 6. The molecule has 0 spiro atoms. The van der Waals surface area contributed by atoms with E-state index in [1.54, 1.807) is 14.0 Å². The Kier molecular flexibility index (Phi) is 6.41. The minimum absolute atomic E-state index is 0.0922. The van der Waals surface area contributed by atoms with E-state index in [0.717, 1.165) is 10.0 Å². The van der Waals surface area contributed by atoms with Gasteiger partial charge in [0.25, 0.3) is 5.22 Å². The second-order valence-electron chi connectivity index (χ2n) is 4.42. The molecule has 6 nitrogen and oxygen atoms in total. The summed E-state index contributed by atoms with van der Waals surface area (Å²) in [5.41, 5.74) is 0.833. The fourth-order valence-electron chi connectivity index (χ4n) is 1.59. The van der Waals surface area contributed by atoms with Gasteiger partial charge in [0.15, 0.2) is 0 Å². The number of nitrogens with zero attached hydrogens (tertiary/aromatic N) is 2. The van der Waals surface area contributed by atoms with Crippen molar-refractivity contribution in [3.63, 3.8) is 0 Å². The van der Waals surface area contributed by atoms with E-state index in [0.29, 0.717) is 24.3 Å². The molecule has 0 unspecified atom stereocenters. The lowest BCUT2D eigenvalue weighted by Crippen LogP contribution is -2.33. The number of halogens is 1. The van der Waals surface area contributed by atoms with Gasteiger partial charge in [-0.05, 0) is 31.2 Å². The molecule has 0 fully saturated rings. The Balaban J connectivity index is 1.94. The molecule has 118 valence electrons. The van der Waals surface area contributed by atoms with Gasteiger partial charge in [0.05, 0.1) is 11.9 Å². The Morgan fingerprint density at radius 3 is 2.82 bits per heavy atom. The summed E-state index contributed by atoms with van der Waals surface area (Å²) in [5, 5.41) is 10.8. The zero-order valence-electron chi connectivity index (χ0n) is 12.2. The van der Waals surface area contributed by atoms with Gasteiger partial charge in [0.2, 0.25) is 11.8 Å². The number of benzene rings is 1. The number of carbonyl (C=O) groups excluding carboxylic acids is 1. The first-order chi connectivity index (χ1) is 10.6. The molecule has 0 bridgehead atoms. The minimum Gasteiger partial charge on any atom is -0.411 e. The number of methoxy groups -OCH3 is 1. The van der Waals surface area contributed by atoms with E-state index in [-0.39, 0.29) is 11.2 Å². The van der Waals surface area contributed by atoms with Crippen LogP contribution in [0.1, 0.15) is 6.92 Å². The van der Waals surface area contributed by atoms with Crippen LogP contribution in [-0.4, -0.2) is 41.6 Å². The SMILES string of the molecule is COCCNC(=O)[C@H](C)Sc1nnc(-c2ccc(Br)cc2)o1. The Hall–Kier alpha value is -1.38. The van der Waals surface area contributed by atoms with Gasteiger partial charge in [-0.1, -0.05) is 27.7 Å². The zero-order valence-corrected chi connectivity index (χ0v) is 14.6. The maximum absolute atomic E-state index is 11.9. The second-order valence-corrected chi connectivity index (χ2v) is 6.63. The third-order valence-corrected chi connectivity index (χ3v) is 4.21. The van der Waals surface area contributed by atoms with Crippen LogP contribution in [0.5, 0.6) is 0 Å². The van der Waals surface area contributed by atoms with Crippen LogP contribution in [0.3, 0.4) is 0 Å². The quantitative estimate of drug-likeness (QED) is 0.583. The number of amides is 1. The van der Waals surface area contributed by atoms with Crippen molar-refractivity contribution in [3.05, 3.63) is 28.7 Å². The van der Waals surface area contributed by atoms with E-state index in [1.165, 1.54) is 11.8 Å². The highest BCUT2D eigenvalue weighted by Crippen LogP contribution is 2.26. The van der Waals surface area contributed by atoms with Gasteiger partial charge in [-0.25, -0.2) is 0 Å². The van der Waals surface area contributed by atoms with E-state index in [9.17, 15) is 4.79 Å². The molecule has 1 N–H and O–H groups in total. The van der Waals surface area contributed by atoms with Crippen LogP contribution >= 0.6 is 27.7 Å². The van der Waals surface area contributed by atoms with Gasteiger partial charge >= 0.3 is 0 Å². The van der Waals surface area contributed by atoms with Crippen LogP contribution in [-0.2, 0) is 9.53 Å². The highest BCUT2D eigenvalue weighted by molar-refractivity contribution is 9.10. The fraction of sp³-hybridized carbons (Fsp3) is 0.357. The van der Waals surface area contributed by atoms with Crippen molar-refractivity contribution in [1.29, 1.82) is 0 Å². The molecule has 1 aromatic heterocycles. The van der Waals surface area contributed by atoms with Crippen molar-refractivity contribution < 1.29 is 13.9 Å². The van der Waals surface area contributed by atoms with Gasteiger partial charge in [0, 0.05) is 23.7 Å². The average Bonchev–Trinajstić information content (AvgIpc) is 2.96. The van der Waals surface area contributed by atoms with Gasteiger partial charge in [-0.2, -0.15) is 0 Å². The first-order valence-corrected chi connectivity index (χ1v) is 8.30. The van der Waals surface area contributed by atoms with Gasteiger partial charge in [-0.15, -0.1) is 10.2 Å². The molecular weight excluding hydrogens is 370 g/mol. The molecule has 0 aliphatic rings. The van der Waals surface area contributed by atoms with Crippen LogP contribution < -0.4 is 5.32 Å². The Morgan fingerprint density at radius 2 is 2.14 bits per heavy atom. The van der Waals surface area contributed by atoms with Crippen molar-refractivity contribution in [3.8, 4) is 11.5 Å². The number of nitrogens with one attached hydrogen (secondary N) is 1. The minimum atomic E-state index is -0.324. The van der Waals surface area contributed by atoms with E-state index in [2.05, 4.69) is 31.4 Å². The molecule has 0 aliphatic carbocycles. The van der Waals surface area contributed by atoms with E-state index in [4.69, 9.17) is 9.15 Å². The van der Waals surface area contributed by atoms with Crippen LogP contribution in [0.25, 0.3) is 11.5 Å². The summed E-state index contributed by atoms with van der Waals surface area (Å²) in [6.45, 7) is 2.75. The van der Waals surface area contributed by atoms with Crippen molar-refractivity contribution in [2.75, 3.05) is 20.3 Å². The zero-order chi connectivity index (χ0) is 15.9. The van der Waals surface area contributed by atoms with Gasteiger partial charge < -0.3 is 14.5 Å². The van der Waals surface area contributed by atoms with E-state index >= 15 is 0 Å². The first kappa shape index (κ1) is 17.0. The van der Waals surface area contributed by atoms with Gasteiger partial charge in [-0.3, -0.25) is 4.79 Å². The smallest absolute Gasteiger partial charge is 0.277 e. The van der Waals surface area contributed by atoms with Crippen LogP contribution in [0.15, 0.2) is 38.4 Å². The third-order valence-electron chi connectivity index (χ3n) is 2.75. The van der Waals surface area contributed by atoms with Crippen molar-refractivity contribution in [1.82, 2.24) is 15.5 Å². The molecule has 0 aliphatic heterocycles. The highest BCUT2D eigenvalue weighted by Gasteiger charge is 2.18. The summed E-state index contributed by atoms with van der Waals surface area (Å²) >= 11 is 4.60. The van der Waals surface area contributed by atoms with Crippen LogP contribution in [0.4, 0.5) is 0 Å². The standard InChI is InChI=1S/C14H16BrN3O3S/c1-9(12(19)16-7-8-20-2)22-14-18-17-13(21-14)10-3-5-11(15)6-4-10/h3-6,9H,7-8H2,1-2H3,(H,16,19)/t9-/m0/s1. The number of aromatic nitrogens is 2. The number of rotatable bonds is 7. The second kappa shape index (κ2) is 8.30. The van der Waals surface area contributed by atoms with Crippen molar-refractivity contribution >= 4 is 33.6 Å². The number of hydrogen-bond donors (Lipinski definition) is 1. The maximum Gasteiger partial charge on any atom is 0.277 e. The Bertz CT molecular complexity index is 618. The number of carbonyl (C=O) groups is 1. The Morgan fingerprint density at radius 1 is 1.41 bits per heavy atom. The van der Waals surface area contributed by atoms with E-state index < -0.39 is 0 Å². The topological polar surface area (TPSA) is 77.2 Å². The molecule has 1 aromatic carbocycles. The molecule has 1 amide bonds. The lowest BCUT2D eigenvalue weighted by atomic mass is 10.2. The maximum atomic E-state index is 11.9. The lowest BCUT2D eigenvalue weighted by Gasteiger charge is -2.08. The first-order valence-electron chi connectivity index (χ1n) is 6.63. The van der Waals surface area contributed by atoms with Gasteiger partial charge in [0.1, 0.15) is 0 Å².